The SMILES string of the molecule is CCCNCCNS(=O)(=O)C1CCCN(C(=O)C2CCCC2)C1. The van der Waals surface area contributed by atoms with Crippen molar-refractivity contribution >= 4 is 15.9 Å². The third kappa shape index (κ3) is 5.43. The maximum absolute atomic E-state index is 12.5. The van der Waals surface area contributed by atoms with Crippen molar-refractivity contribution in [2.45, 2.75) is 57.1 Å². The van der Waals surface area contributed by atoms with E-state index in [0.29, 0.717) is 32.6 Å². The molecule has 1 unspecified atom stereocenters. The first kappa shape index (κ1) is 18.7. The summed E-state index contributed by atoms with van der Waals surface area (Å²) in [7, 11) is -3.34. The molecule has 0 aromatic carbocycles. The number of amides is 1. The molecular weight excluding hydrogens is 314 g/mol. The van der Waals surface area contributed by atoms with Crippen molar-refractivity contribution in [3.63, 3.8) is 0 Å². The molecule has 2 N–H and O–H groups in total. The molecule has 1 aliphatic carbocycles. The van der Waals surface area contributed by atoms with E-state index in [4.69, 9.17) is 0 Å². The highest BCUT2D eigenvalue weighted by atomic mass is 32.2. The van der Waals surface area contributed by atoms with Crippen LogP contribution in [0.4, 0.5) is 0 Å². The van der Waals surface area contributed by atoms with E-state index in [-0.39, 0.29) is 11.8 Å². The monoisotopic (exact) mass is 345 g/mol. The largest absolute Gasteiger partial charge is 0.341 e. The van der Waals surface area contributed by atoms with Gasteiger partial charge in [-0.1, -0.05) is 19.8 Å². The number of rotatable bonds is 8. The first-order valence-corrected chi connectivity index (χ1v) is 10.6. The Kier molecular flexibility index (Phi) is 7.30. The minimum Gasteiger partial charge on any atom is -0.341 e. The van der Waals surface area contributed by atoms with Gasteiger partial charge < -0.3 is 10.2 Å². The number of nitrogens with zero attached hydrogens (tertiary/aromatic N) is 1. The molecule has 2 aliphatic rings. The summed E-state index contributed by atoms with van der Waals surface area (Å²) >= 11 is 0. The van der Waals surface area contributed by atoms with Crippen molar-refractivity contribution in [3.05, 3.63) is 0 Å². The fourth-order valence-corrected chi connectivity index (χ4v) is 5.00. The number of hydrogen-bond donors (Lipinski definition) is 2. The van der Waals surface area contributed by atoms with Gasteiger partial charge in [-0.3, -0.25) is 4.79 Å². The summed E-state index contributed by atoms with van der Waals surface area (Å²) in [5, 5.41) is 2.72. The molecule has 6 nitrogen and oxygen atoms in total. The molecule has 2 fully saturated rings. The lowest BCUT2D eigenvalue weighted by molar-refractivity contribution is -0.136. The Bertz CT molecular complexity index is 475. The number of likely N-dealkylation sites (tertiary alicyclic amines) is 1. The van der Waals surface area contributed by atoms with E-state index >= 15 is 0 Å². The summed E-state index contributed by atoms with van der Waals surface area (Å²) in [4.78, 5) is 14.3. The molecule has 7 heteroatoms. The molecule has 134 valence electrons. The van der Waals surface area contributed by atoms with Gasteiger partial charge in [-0.25, -0.2) is 13.1 Å². The topological polar surface area (TPSA) is 78.5 Å². The Morgan fingerprint density at radius 2 is 1.83 bits per heavy atom. The van der Waals surface area contributed by atoms with Crippen LogP contribution in [0.15, 0.2) is 0 Å². The lowest BCUT2D eigenvalue weighted by atomic mass is 10.0. The Morgan fingerprint density at radius 1 is 1.09 bits per heavy atom. The maximum Gasteiger partial charge on any atom is 0.225 e. The predicted octanol–water partition coefficient (Wildman–Crippen LogP) is 1.09. The zero-order valence-electron chi connectivity index (χ0n) is 14.2. The van der Waals surface area contributed by atoms with E-state index in [9.17, 15) is 13.2 Å². The van der Waals surface area contributed by atoms with E-state index < -0.39 is 15.3 Å². The molecule has 0 spiro atoms. The second-order valence-electron chi connectivity index (χ2n) is 6.72. The van der Waals surface area contributed by atoms with Gasteiger partial charge in [0.1, 0.15) is 0 Å². The maximum atomic E-state index is 12.5. The molecule has 1 amide bonds. The summed E-state index contributed by atoms with van der Waals surface area (Å²) in [6.45, 7) is 5.09. The van der Waals surface area contributed by atoms with Crippen molar-refractivity contribution in [3.8, 4) is 0 Å². The number of carbonyl (C=O) groups excluding carboxylic acids is 1. The van der Waals surface area contributed by atoms with Gasteiger partial charge >= 0.3 is 0 Å². The molecular formula is C16H31N3O3S. The van der Waals surface area contributed by atoms with Crippen LogP contribution in [-0.2, 0) is 14.8 Å². The van der Waals surface area contributed by atoms with E-state index in [1.807, 2.05) is 0 Å². The van der Waals surface area contributed by atoms with Gasteiger partial charge in [0.25, 0.3) is 0 Å². The molecule has 1 atom stereocenters. The summed E-state index contributed by atoms with van der Waals surface area (Å²) in [5.74, 6) is 0.301. The Morgan fingerprint density at radius 3 is 2.52 bits per heavy atom. The number of sulfonamides is 1. The second-order valence-corrected chi connectivity index (χ2v) is 8.76. The van der Waals surface area contributed by atoms with Crippen molar-refractivity contribution in [1.82, 2.24) is 14.9 Å². The number of piperidine rings is 1. The van der Waals surface area contributed by atoms with Crippen LogP contribution in [0.25, 0.3) is 0 Å². The highest BCUT2D eigenvalue weighted by Crippen LogP contribution is 2.28. The van der Waals surface area contributed by atoms with Crippen LogP contribution in [0.1, 0.15) is 51.9 Å². The zero-order valence-corrected chi connectivity index (χ0v) is 15.0. The highest BCUT2D eigenvalue weighted by Gasteiger charge is 2.35. The Balaban J connectivity index is 1.82. The van der Waals surface area contributed by atoms with Gasteiger partial charge in [-0.15, -0.1) is 0 Å². The minimum atomic E-state index is -3.34. The van der Waals surface area contributed by atoms with Gasteiger partial charge in [-0.05, 0) is 38.6 Å². The predicted molar refractivity (Wildman–Crippen MR) is 91.6 cm³/mol. The molecule has 0 radical (unpaired) electrons. The smallest absolute Gasteiger partial charge is 0.225 e. The molecule has 1 heterocycles. The Labute approximate surface area is 140 Å². The van der Waals surface area contributed by atoms with Gasteiger partial charge in [0.05, 0.1) is 5.25 Å². The van der Waals surface area contributed by atoms with Crippen molar-refractivity contribution in [1.29, 1.82) is 0 Å². The highest BCUT2D eigenvalue weighted by molar-refractivity contribution is 7.90. The molecule has 0 bridgehead atoms. The molecule has 0 aromatic rings. The van der Waals surface area contributed by atoms with Gasteiger partial charge in [0.15, 0.2) is 0 Å². The summed E-state index contributed by atoms with van der Waals surface area (Å²) in [6, 6.07) is 0. The van der Waals surface area contributed by atoms with Crippen molar-refractivity contribution in [2.24, 2.45) is 5.92 Å². The van der Waals surface area contributed by atoms with Gasteiger partial charge in [0.2, 0.25) is 15.9 Å². The summed E-state index contributed by atoms with van der Waals surface area (Å²) in [6.07, 6.45) is 6.64. The van der Waals surface area contributed by atoms with Crippen LogP contribution in [0.5, 0.6) is 0 Å². The average Bonchev–Trinajstić information content (AvgIpc) is 3.08. The van der Waals surface area contributed by atoms with Crippen LogP contribution in [0.3, 0.4) is 0 Å². The van der Waals surface area contributed by atoms with Crippen molar-refractivity contribution < 1.29 is 13.2 Å². The zero-order chi connectivity index (χ0) is 16.7. The minimum absolute atomic E-state index is 0.127. The van der Waals surface area contributed by atoms with Crippen LogP contribution >= 0.6 is 0 Å². The van der Waals surface area contributed by atoms with Gasteiger partial charge in [-0.2, -0.15) is 0 Å². The fourth-order valence-electron chi connectivity index (χ4n) is 3.52. The molecule has 23 heavy (non-hydrogen) atoms. The molecule has 1 saturated heterocycles. The first-order chi connectivity index (χ1) is 11.0. The summed E-state index contributed by atoms with van der Waals surface area (Å²) in [5.41, 5.74) is 0. The van der Waals surface area contributed by atoms with E-state index in [0.717, 1.165) is 45.1 Å². The lowest BCUT2D eigenvalue weighted by Gasteiger charge is -2.34. The Hall–Kier alpha value is -0.660. The van der Waals surface area contributed by atoms with Crippen LogP contribution in [-0.4, -0.2) is 57.2 Å². The average molecular weight is 346 g/mol. The standard InChI is InChI=1S/C16H31N3O3S/c1-2-9-17-10-11-18-23(21,22)15-8-5-12-19(13-15)16(20)14-6-3-4-7-14/h14-15,17-18H,2-13H2,1H3. The third-order valence-corrected chi connectivity index (χ3v) is 6.73. The van der Waals surface area contributed by atoms with E-state index in [2.05, 4.69) is 17.0 Å². The molecule has 1 saturated carbocycles. The third-order valence-electron chi connectivity index (χ3n) is 4.86. The molecule has 0 aromatic heterocycles. The van der Waals surface area contributed by atoms with Crippen LogP contribution < -0.4 is 10.0 Å². The van der Waals surface area contributed by atoms with E-state index in [1.54, 1.807) is 4.90 Å². The molecule has 1 aliphatic heterocycles. The normalized spacial score (nSPS) is 23.3. The van der Waals surface area contributed by atoms with Crippen molar-refractivity contribution in [2.75, 3.05) is 32.7 Å². The first-order valence-electron chi connectivity index (χ1n) is 9.02. The van der Waals surface area contributed by atoms with Gasteiger partial charge in [0, 0.05) is 32.1 Å². The van der Waals surface area contributed by atoms with Crippen LogP contribution in [0, 0.1) is 5.92 Å². The number of nitrogens with one attached hydrogen (secondary N) is 2. The van der Waals surface area contributed by atoms with E-state index in [1.165, 1.54) is 0 Å². The number of hydrogen-bond acceptors (Lipinski definition) is 4. The fraction of sp³-hybridized carbons (Fsp3) is 0.938. The quantitative estimate of drug-likeness (QED) is 0.646. The number of carbonyl (C=O) groups is 1. The lowest BCUT2D eigenvalue weighted by Crippen LogP contribution is -2.50. The molecule has 2 rings (SSSR count). The summed E-state index contributed by atoms with van der Waals surface area (Å²) < 4.78 is 27.6. The second kappa shape index (κ2) is 8.99. The van der Waals surface area contributed by atoms with Crippen LogP contribution in [0.2, 0.25) is 0 Å².